The fraction of sp³-hybridized carbons (Fsp3) is 0.833. The van der Waals surface area contributed by atoms with E-state index in [1.165, 1.54) is 6.92 Å². The molecule has 6 heteroatoms. The number of aliphatic carboxylic acids is 1. The fourth-order valence-electron chi connectivity index (χ4n) is 2.11. The van der Waals surface area contributed by atoms with E-state index in [4.69, 9.17) is 9.47 Å². The minimum atomic E-state index is -1.34. The monoisotopic (exact) mass is 259 g/mol. The lowest BCUT2D eigenvalue weighted by Gasteiger charge is -2.37. The quantitative estimate of drug-likeness (QED) is 0.553. The lowest BCUT2D eigenvalue weighted by atomic mass is 9.91. The summed E-state index contributed by atoms with van der Waals surface area (Å²) in [4.78, 5) is 24.4. The Morgan fingerprint density at radius 3 is 2.39 bits per heavy atom. The summed E-state index contributed by atoms with van der Waals surface area (Å²) in [6.07, 6.45) is 0.655. The van der Waals surface area contributed by atoms with Gasteiger partial charge in [-0.2, -0.15) is 0 Å². The predicted molar refractivity (Wildman–Crippen MR) is 64.3 cm³/mol. The van der Waals surface area contributed by atoms with Crippen molar-refractivity contribution < 1.29 is 24.2 Å². The fourth-order valence-corrected chi connectivity index (χ4v) is 2.11. The number of carboxylic acids is 1. The molecule has 1 aliphatic heterocycles. The Kier molecular flexibility index (Phi) is 5.55. The topological polar surface area (TPSA) is 76.1 Å². The summed E-state index contributed by atoms with van der Waals surface area (Å²) in [6, 6.07) is 0. The lowest BCUT2D eigenvalue weighted by molar-refractivity contribution is -0.183. The number of likely N-dealkylation sites (tertiary alicyclic amines) is 1. The minimum Gasteiger partial charge on any atom is -0.478 e. The van der Waals surface area contributed by atoms with Crippen LogP contribution in [0.25, 0.3) is 0 Å². The first-order valence-electron chi connectivity index (χ1n) is 6.23. The number of esters is 1. The van der Waals surface area contributed by atoms with Crippen molar-refractivity contribution >= 4 is 11.9 Å². The Hall–Kier alpha value is -1.14. The van der Waals surface area contributed by atoms with Gasteiger partial charge in [0.25, 0.3) is 0 Å². The molecule has 1 heterocycles. The van der Waals surface area contributed by atoms with Gasteiger partial charge in [-0.05, 0) is 6.92 Å². The van der Waals surface area contributed by atoms with Crippen molar-refractivity contribution in [3.8, 4) is 0 Å². The number of carboxylic acid groups (broad SMARTS) is 1. The van der Waals surface area contributed by atoms with E-state index < -0.39 is 17.5 Å². The molecule has 0 bridgehead atoms. The van der Waals surface area contributed by atoms with Crippen molar-refractivity contribution in [3.05, 3.63) is 0 Å². The van der Waals surface area contributed by atoms with Gasteiger partial charge in [-0.1, -0.05) is 0 Å². The van der Waals surface area contributed by atoms with Crippen molar-refractivity contribution in [1.29, 1.82) is 0 Å². The second kappa shape index (κ2) is 6.70. The Morgan fingerprint density at radius 1 is 1.33 bits per heavy atom. The van der Waals surface area contributed by atoms with Crippen molar-refractivity contribution in [3.63, 3.8) is 0 Å². The summed E-state index contributed by atoms with van der Waals surface area (Å²) >= 11 is 0. The molecule has 0 amide bonds. The van der Waals surface area contributed by atoms with E-state index in [1.807, 2.05) is 6.92 Å². The van der Waals surface area contributed by atoms with E-state index in [1.54, 1.807) is 0 Å². The summed E-state index contributed by atoms with van der Waals surface area (Å²) in [5.41, 5.74) is -1.34. The molecule has 1 rings (SSSR count). The van der Waals surface area contributed by atoms with E-state index in [0.29, 0.717) is 39.1 Å². The van der Waals surface area contributed by atoms with Gasteiger partial charge in [0.1, 0.15) is 0 Å². The zero-order valence-corrected chi connectivity index (χ0v) is 11.0. The molecule has 0 saturated carbocycles. The first-order valence-corrected chi connectivity index (χ1v) is 6.23. The summed E-state index contributed by atoms with van der Waals surface area (Å²) < 4.78 is 10.3. The van der Waals surface area contributed by atoms with Crippen LogP contribution >= 0.6 is 0 Å². The van der Waals surface area contributed by atoms with Gasteiger partial charge in [0, 0.05) is 46.0 Å². The van der Waals surface area contributed by atoms with Crippen molar-refractivity contribution in [2.24, 2.45) is 0 Å². The summed E-state index contributed by atoms with van der Waals surface area (Å²) in [5, 5.41) is 9.22. The van der Waals surface area contributed by atoms with E-state index in [-0.39, 0.29) is 0 Å². The maximum absolute atomic E-state index is 11.3. The van der Waals surface area contributed by atoms with Gasteiger partial charge in [-0.3, -0.25) is 4.79 Å². The average molecular weight is 259 g/mol. The zero-order chi connectivity index (χ0) is 13.6. The first-order chi connectivity index (χ1) is 8.50. The van der Waals surface area contributed by atoms with Gasteiger partial charge in [0.2, 0.25) is 5.60 Å². The van der Waals surface area contributed by atoms with Gasteiger partial charge in [-0.25, -0.2) is 4.79 Å². The third kappa shape index (κ3) is 3.96. The molecule has 0 atom stereocenters. The molecule has 0 aliphatic carbocycles. The summed E-state index contributed by atoms with van der Waals surface area (Å²) in [5.74, 6) is -1.60. The number of rotatable bonds is 6. The van der Waals surface area contributed by atoms with E-state index >= 15 is 0 Å². The number of ether oxygens (including phenoxy) is 2. The summed E-state index contributed by atoms with van der Waals surface area (Å²) in [7, 11) is 0. The highest BCUT2D eigenvalue weighted by Crippen LogP contribution is 2.27. The van der Waals surface area contributed by atoms with Gasteiger partial charge < -0.3 is 19.5 Å². The van der Waals surface area contributed by atoms with Crippen LogP contribution < -0.4 is 0 Å². The normalized spacial score (nSPS) is 19.4. The molecule has 1 aliphatic rings. The maximum atomic E-state index is 11.3. The molecule has 0 spiro atoms. The maximum Gasteiger partial charge on any atom is 0.348 e. The number of nitrogens with zero attached hydrogens (tertiary/aromatic N) is 1. The molecule has 0 aromatic rings. The number of carbonyl (C=O) groups is 2. The molecule has 1 N–H and O–H groups in total. The van der Waals surface area contributed by atoms with Crippen molar-refractivity contribution in [2.75, 3.05) is 32.8 Å². The molecule has 0 aromatic heterocycles. The first kappa shape index (κ1) is 14.9. The minimum absolute atomic E-state index is 0.327. The highest BCUT2D eigenvalue weighted by molar-refractivity contribution is 5.81. The number of piperidine rings is 1. The molecule has 0 unspecified atom stereocenters. The molecule has 18 heavy (non-hydrogen) atoms. The molecule has 0 aromatic carbocycles. The Morgan fingerprint density at radius 2 is 1.94 bits per heavy atom. The predicted octanol–water partition coefficient (Wildman–Crippen LogP) is 0.505. The van der Waals surface area contributed by atoms with Gasteiger partial charge in [-0.15, -0.1) is 0 Å². The second-order valence-electron chi connectivity index (χ2n) is 4.43. The third-order valence-electron chi connectivity index (χ3n) is 3.15. The van der Waals surface area contributed by atoms with Crippen molar-refractivity contribution in [1.82, 2.24) is 4.90 Å². The molecule has 104 valence electrons. The van der Waals surface area contributed by atoms with E-state index in [2.05, 4.69) is 4.90 Å². The largest absolute Gasteiger partial charge is 0.478 e. The Bertz CT molecular complexity index is 297. The van der Waals surface area contributed by atoms with Crippen LogP contribution in [0.3, 0.4) is 0 Å². The number of carbonyl (C=O) groups excluding carboxylic acids is 1. The van der Waals surface area contributed by atoms with Gasteiger partial charge in [0.15, 0.2) is 0 Å². The SMILES string of the molecule is CCOCCN1CCC(OC(C)=O)(C(=O)O)CC1. The number of hydrogen-bond donors (Lipinski definition) is 1. The van der Waals surface area contributed by atoms with E-state index in [0.717, 1.165) is 6.54 Å². The van der Waals surface area contributed by atoms with Gasteiger partial charge in [0.05, 0.1) is 6.61 Å². The van der Waals surface area contributed by atoms with Crippen molar-refractivity contribution in [2.45, 2.75) is 32.3 Å². The molecule has 1 fully saturated rings. The van der Waals surface area contributed by atoms with Crippen LogP contribution in [0.4, 0.5) is 0 Å². The third-order valence-corrected chi connectivity index (χ3v) is 3.15. The van der Waals surface area contributed by atoms with Gasteiger partial charge >= 0.3 is 11.9 Å². The van der Waals surface area contributed by atoms with Crippen LogP contribution in [-0.4, -0.2) is 60.4 Å². The van der Waals surface area contributed by atoms with Crippen LogP contribution in [-0.2, 0) is 19.1 Å². The summed E-state index contributed by atoms with van der Waals surface area (Å²) in [6.45, 7) is 6.49. The highest BCUT2D eigenvalue weighted by Gasteiger charge is 2.44. The molecule has 0 radical (unpaired) electrons. The second-order valence-corrected chi connectivity index (χ2v) is 4.43. The van der Waals surface area contributed by atoms with Crippen LogP contribution in [0.2, 0.25) is 0 Å². The smallest absolute Gasteiger partial charge is 0.348 e. The molecular weight excluding hydrogens is 238 g/mol. The van der Waals surface area contributed by atoms with Crippen LogP contribution in [0.1, 0.15) is 26.7 Å². The van der Waals surface area contributed by atoms with Crippen LogP contribution in [0.5, 0.6) is 0 Å². The molecule has 1 saturated heterocycles. The lowest BCUT2D eigenvalue weighted by Crippen LogP contribution is -2.52. The van der Waals surface area contributed by atoms with E-state index in [9.17, 15) is 14.7 Å². The highest BCUT2D eigenvalue weighted by atomic mass is 16.6. The standard InChI is InChI=1S/C12H21NO5/c1-3-17-9-8-13-6-4-12(5-7-13,11(15)16)18-10(2)14/h3-9H2,1-2H3,(H,15,16). The number of hydrogen-bond acceptors (Lipinski definition) is 5. The molecule has 6 nitrogen and oxygen atoms in total. The Labute approximate surface area is 107 Å². The van der Waals surface area contributed by atoms with Crippen LogP contribution in [0, 0.1) is 0 Å². The molecular formula is C12H21NO5. The Balaban J connectivity index is 2.47. The van der Waals surface area contributed by atoms with Crippen LogP contribution in [0.15, 0.2) is 0 Å². The zero-order valence-electron chi connectivity index (χ0n) is 11.0. The average Bonchev–Trinajstić information content (AvgIpc) is 2.31.